The zero-order chi connectivity index (χ0) is 22.2. The van der Waals surface area contributed by atoms with E-state index in [0.717, 1.165) is 35.2 Å². The molecule has 7 nitrogen and oxygen atoms in total. The normalized spacial score (nSPS) is 14.6. The molecule has 8 heteroatoms. The Morgan fingerprint density at radius 3 is 2.73 bits per heavy atom. The van der Waals surface area contributed by atoms with Crippen molar-refractivity contribution in [2.24, 2.45) is 5.10 Å². The van der Waals surface area contributed by atoms with Gasteiger partial charge in [0.15, 0.2) is 11.3 Å². The Balaban J connectivity index is 1.53. The first-order valence-corrected chi connectivity index (χ1v) is 12.1. The molecule has 164 valence electrons. The van der Waals surface area contributed by atoms with E-state index in [1.807, 2.05) is 41.8 Å². The quantitative estimate of drug-likeness (QED) is 0.272. The van der Waals surface area contributed by atoms with Crippen molar-refractivity contribution in [2.45, 2.75) is 38.6 Å². The minimum Gasteiger partial charge on any atom is -0.298 e. The third-order valence-corrected chi connectivity index (χ3v) is 6.92. The summed E-state index contributed by atoms with van der Waals surface area (Å²) in [6.45, 7) is 0.611. The van der Waals surface area contributed by atoms with Gasteiger partial charge in [-0.05, 0) is 55.7 Å². The van der Waals surface area contributed by atoms with Crippen molar-refractivity contribution < 1.29 is 0 Å². The molecule has 0 saturated heterocycles. The average Bonchev–Trinajstić information content (AvgIpc) is 3.48. The molecule has 4 aromatic heterocycles. The Labute approximate surface area is 193 Å². The molecule has 0 amide bonds. The van der Waals surface area contributed by atoms with Crippen LogP contribution < -0.4 is 5.56 Å². The number of allylic oxidation sites excluding steroid dienone is 2. The lowest BCUT2D eigenvalue weighted by atomic mass is 9.97. The molecule has 0 saturated carbocycles. The summed E-state index contributed by atoms with van der Waals surface area (Å²) in [5.41, 5.74) is 4.38. The molecule has 5 aromatic rings. The molecule has 1 aliphatic rings. The zero-order valence-corrected chi connectivity index (χ0v) is 18.8. The summed E-state index contributed by atoms with van der Waals surface area (Å²) in [5.74, 6) is 0. The van der Waals surface area contributed by atoms with Gasteiger partial charge >= 0.3 is 0 Å². The number of nitrogens with zero attached hydrogens (tertiary/aromatic N) is 6. The Morgan fingerprint density at radius 1 is 1.06 bits per heavy atom. The SMILES string of the molecule is O=c1c2c3nc4ccccc4nc3n(N=Cc3cccs3)c2ncn1CCC1=CCCCC1. The van der Waals surface area contributed by atoms with Gasteiger partial charge in [-0.15, -0.1) is 11.3 Å². The Morgan fingerprint density at radius 2 is 1.94 bits per heavy atom. The highest BCUT2D eigenvalue weighted by Gasteiger charge is 2.20. The molecular formula is C25H22N6OS. The van der Waals surface area contributed by atoms with Gasteiger partial charge in [0.05, 0.1) is 23.6 Å². The van der Waals surface area contributed by atoms with Crippen LogP contribution in [0.2, 0.25) is 0 Å². The van der Waals surface area contributed by atoms with Gasteiger partial charge in [-0.3, -0.25) is 9.36 Å². The highest BCUT2D eigenvalue weighted by atomic mass is 32.1. The van der Waals surface area contributed by atoms with E-state index >= 15 is 0 Å². The number of benzene rings is 1. The van der Waals surface area contributed by atoms with E-state index in [0.29, 0.717) is 28.7 Å². The molecule has 0 spiro atoms. The van der Waals surface area contributed by atoms with E-state index in [2.05, 4.69) is 16.2 Å². The van der Waals surface area contributed by atoms with Crippen molar-refractivity contribution in [3.05, 3.63) is 75.0 Å². The molecule has 0 unspecified atom stereocenters. The minimum atomic E-state index is -0.101. The topological polar surface area (TPSA) is 78.0 Å². The minimum absolute atomic E-state index is 0.101. The smallest absolute Gasteiger partial charge is 0.265 e. The summed E-state index contributed by atoms with van der Waals surface area (Å²) in [7, 11) is 0. The molecule has 1 aromatic carbocycles. The number of thiophene rings is 1. The summed E-state index contributed by atoms with van der Waals surface area (Å²) in [5, 5.41) is 7.11. The van der Waals surface area contributed by atoms with E-state index in [4.69, 9.17) is 9.97 Å². The average molecular weight is 455 g/mol. The lowest BCUT2D eigenvalue weighted by molar-refractivity contribution is 0.610. The third-order valence-electron chi connectivity index (χ3n) is 6.11. The predicted octanol–water partition coefficient (Wildman–Crippen LogP) is 5.13. The van der Waals surface area contributed by atoms with Gasteiger partial charge < -0.3 is 0 Å². The highest BCUT2D eigenvalue weighted by molar-refractivity contribution is 7.11. The number of fused-ring (bicyclic) bond motifs is 4. The van der Waals surface area contributed by atoms with Crippen LogP contribution in [0.5, 0.6) is 0 Å². The van der Waals surface area contributed by atoms with Crippen LogP contribution in [0.4, 0.5) is 0 Å². The van der Waals surface area contributed by atoms with E-state index < -0.39 is 0 Å². The highest BCUT2D eigenvalue weighted by Crippen LogP contribution is 2.25. The molecule has 0 fully saturated rings. The Hall–Kier alpha value is -3.65. The van der Waals surface area contributed by atoms with E-state index in [1.165, 1.54) is 18.4 Å². The maximum absolute atomic E-state index is 13.6. The standard InChI is InChI=1S/C25H22N6OS/c32-25-21-22-24(29-20-11-5-4-10-19(20)28-22)31(27-15-18-9-6-14-33-18)23(21)26-16-30(25)13-12-17-7-2-1-3-8-17/h4-7,9-11,14-16H,1-3,8,12-13H2. The Kier molecular flexibility index (Phi) is 5.07. The van der Waals surface area contributed by atoms with Gasteiger partial charge in [0.25, 0.3) is 5.56 Å². The number of hydrogen-bond donors (Lipinski definition) is 0. The fourth-order valence-electron chi connectivity index (χ4n) is 4.40. The summed E-state index contributed by atoms with van der Waals surface area (Å²) in [4.78, 5) is 28.8. The monoisotopic (exact) mass is 454 g/mol. The maximum atomic E-state index is 13.6. The van der Waals surface area contributed by atoms with Gasteiger partial charge in [0, 0.05) is 11.4 Å². The number of para-hydroxylation sites is 2. The van der Waals surface area contributed by atoms with Gasteiger partial charge in [-0.25, -0.2) is 15.0 Å². The van der Waals surface area contributed by atoms with Crippen LogP contribution >= 0.6 is 11.3 Å². The molecule has 33 heavy (non-hydrogen) atoms. The fraction of sp³-hybridized carbons (Fsp3) is 0.240. The second-order valence-corrected chi connectivity index (χ2v) is 9.24. The molecule has 6 rings (SSSR count). The van der Waals surface area contributed by atoms with Gasteiger partial charge in [-0.1, -0.05) is 29.8 Å². The predicted molar refractivity (Wildman–Crippen MR) is 133 cm³/mol. The van der Waals surface area contributed by atoms with Crippen molar-refractivity contribution in [2.75, 3.05) is 0 Å². The molecular weight excluding hydrogens is 432 g/mol. The van der Waals surface area contributed by atoms with E-state index in [1.54, 1.807) is 33.1 Å². The number of rotatable bonds is 5. The van der Waals surface area contributed by atoms with Gasteiger partial charge in [-0.2, -0.15) is 9.78 Å². The lowest BCUT2D eigenvalue weighted by Crippen LogP contribution is -2.21. The lowest BCUT2D eigenvalue weighted by Gasteiger charge is -2.13. The number of aromatic nitrogens is 5. The summed E-state index contributed by atoms with van der Waals surface area (Å²) in [6, 6.07) is 11.6. The van der Waals surface area contributed by atoms with E-state index in [9.17, 15) is 4.79 Å². The molecule has 0 aliphatic heterocycles. The van der Waals surface area contributed by atoms with Crippen molar-refractivity contribution in [1.29, 1.82) is 0 Å². The van der Waals surface area contributed by atoms with Crippen LogP contribution in [-0.2, 0) is 6.54 Å². The van der Waals surface area contributed by atoms with Crippen LogP contribution in [0.15, 0.2) is 69.7 Å². The maximum Gasteiger partial charge on any atom is 0.265 e. The molecule has 0 radical (unpaired) electrons. The van der Waals surface area contributed by atoms with Crippen LogP contribution in [-0.4, -0.2) is 30.4 Å². The van der Waals surface area contributed by atoms with Crippen LogP contribution in [0.3, 0.4) is 0 Å². The van der Waals surface area contributed by atoms with E-state index in [-0.39, 0.29) is 5.56 Å². The second-order valence-electron chi connectivity index (χ2n) is 8.26. The molecule has 0 bridgehead atoms. The van der Waals surface area contributed by atoms with Crippen LogP contribution in [0.1, 0.15) is 37.0 Å². The molecule has 0 atom stereocenters. The van der Waals surface area contributed by atoms with Gasteiger partial charge in [0.2, 0.25) is 0 Å². The first-order chi connectivity index (χ1) is 16.3. The fourth-order valence-corrected chi connectivity index (χ4v) is 4.98. The summed E-state index contributed by atoms with van der Waals surface area (Å²) in [6.07, 6.45) is 11.3. The Bertz CT molecular complexity index is 1590. The second kappa shape index (κ2) is 8.37. The van der Waals surface area contributed by atoms with Crippen molar-refractivity contribution in [3.63, 3.8) is 0 Å². The summed E-state index contributed by atoms with van der Waals surface area (Å²) < 4.78 is 3.33. The van der Waals surface area contributed by atoms with Crippen LogP contribution in [0.25, 0.3) is 33.2 Å². The largest absolute Gasteiger partial charge is 0.298 e. The van der Waals surface area contributed by atoms with Crippen LogP contribution in [0, 0.1) is 0 Å². The number of hydrogen-bond acceptors (Lipinski definition) is 6. The molecule has 0 N–H and O–H groups in total. The zero-order valence-electron chi connectivity index (χ0n) is 18.0. The van der Waals surface area contributed by atoms with Crippen molar-refractivity contribution in [1.82, 2.24) is 24.2 Å². The van der Waals surface area contributed by atoms with Crippen molar-refractivity contribution in [3.8, 4) is 0 Å². The molecule has 1 aliphatic carbocycles. The summed E-state index contributed by atoms with van der Waals surface area (Å²) >= 11 is 1.59. The first kappa shape index (κ1) is 20.0. The third kappa shape index (κ3) is 3.66. The van der Waals surface area contributed by atoms with Gasteiger partial charge in [0.1, 0.15) is 10.9 Å². The number of aryl methyl sites for hydroxylation is 1. The first-order valence-electron chi connectivity index (χ1n) is 11.2. The van der Waals surface area contributed by atoms with Crippen molar-refractivity contribution >= 4 is 50.8 Å². The molecule has 4 heterocycles.